The number of rotatable bonds is 1. The minimum atomic E-state index is -1.00. The van der Waals surface area contributed by atoms with Crippen molar-refractivity contribution in [1.82, 2.24) is 19.8 Å². The Morgan fingerprint density at radius 1 is 0.952 bits per heavy atom. The molecule has 6 heterocycles. The number of fused-ring (bicyclic) bond motifs is 5. The highest BCUT2D eigenvalue weighted by atomic mass is 16.5. The predicted octanol–water partition coefficient (Wildman–Crippen LogP) is 4.55. The summed E-state index contributed by atoms with van der Waals surface area (Å²) in [5, 5.41) is 31.5. The monoisotopic (exact) mass is 565 g/mol. The number of hydrogen-bond donors (Lipinski definition) is 2. The largest absolute Gasteiger partial charge is 0.758 e. The Labute approximate surface area is 249 Å². The molecule has 1 aromatic heterocycles. The van der Waals surface area contributed by atoms with Gasteiger partial charge in [0.2, 0.25) is 0 Å². The average molecular weight is 566 g/mol. The van der Waals surface area contributed by atoms with Crippen molar-refractivity contribution in [2.45, 2.75) is 81.9 Å². The molecule has 5 aliphatic heterocycles. The first-order valence-corrected chi connectivity index (χ1v) is 16.6. The van der Waals surface area contributed by atoms with Crippen LogP contribution in [0, 0.1) is 16.5 Å². The number of aromatic amines is 1. The Morgan fingerprint density at radius 2 is 1.79 bits per heavy atom. The molecule has 1 spiro atoms. The van der Waals surface area contributed by atoms with E-state index < -0.39 is 5.60 Å². The Balaban J connectivity index is 1.37. The standard InChI is InChI=1S/C36H45N4O2/c41-36-18-10-4-1-2-5-11-19-38-21-17-30(35(25-38)23-26-13-7-3-6-12-20-39(26)34(35)36)29(24-36)33-32-28(16-22-40(33)42)27-14-8-9-15-31(27)37-32/h1,4,7-9,13-16,24,26,30,34,37,41H,2-3,5-6,10-12,17-23,25H2/q-1/b4-1?,13-7-/t26-,30-,34+,35-,36-/m0/s1. The zero-order valence-corrected chi connectivity index (χ0v) is 24.8. The zero-order valence-electron chi connectivity index (χ0n) is 24.8. The van der Waals surface area contributed by atoms with E-state index in [2.05, 4.69) is 75.5 Å². The first kappa shape index (κ1) is 26.9. The number of aliphatic hydroxyl groups is 1. The van der Waals surface area contributed by atoms with Crippen molar-refractivity contribution in [3.63, 3.8) is 0 Å². The van der Waals surface area contributed by atoms with Gasteiger partial charge in [0.25, 0.3) is 0 Å². The van der Waals surface area contributed by atoms with Gasteiger partial charge in [0.1, 0.15) is 0 Å². The number of H-pyrrole nitrogens is 1. The predicted molar refractivity (Wildman–Crippen MR) is 170 cm³/mol. The van der Waals surface area contributed by atoms with E-state index >= 15 is 0 Å². The lowest BCUT2D eigenvalue weighted by Gasteiger charge is -2.59. The molecule has 1 aliphatic carbocycles. The van der Waals surface area contributed by atoms with Crippen LogP contribution in [0.1, 0.15) is 64.2 Å². The summed E-state index contributed by atoms with van der Waals surface area (Å²) in [7, 11) is 0. The molecule has 6 nitrogen and oxygen atoms in total. The molecule has 2 saturated heterocycles. The molecule has 8 rings (SSSR count). The van der Waals surface area contributed by atoms with Gasteiger partial charge in [-0.3, -0.25) is 4.90 Å². The second kappa shape index (κ2) is 10.5. The van der Waals surface area contributed by atoms with E-state index in [1.807, 2.05) is 0 Å². The van der Waals surface area contributed by atoms with Crippen molar-refractivity contribution in [2.75, 3.05) is 32.7 Å². The fourth-order valence-electron chi connectivity index (χ4n) is 9.83. The van der Waals surface area contributed by atoms with Crippen LogP contribution >= 0.6 is 0 Å². The topological polar surface area (TPSA) is 68.8 Å². The second-order valence-electron chi connectivity index (χ2n) is 13.9. The lowest BCUT2D eigenvalue weighted by atomic mass is 9.54. The van der Waals surface area contributed by atoms with Gasteiger partial charge in [-0.2, -0.15) is 0 Å². The normalized spacial score (nSPS) is 37.7. The third kappa shape index (κ3) is 4.21. The molecule has 6 heteroatoms. The van der Waals surface area contributed by atoms with Crippen LogP contribution in [-0.2, 0) is 0 Å². The van der Waals surface area contributed by atoms with Crippen LogP contribution in [0.25, 0.3) is 22.7 Å². The van der Waals surface area contributed by atoms with E-state index in [1.165, 1.54) is 36.1 Å². The van der Waals surface area contributed by atoms with E-state index in [0.717, 1.165) is 85.6 Å². The van der Waals surface area contributed by atoms with E-state index in [1.54, 1.807) is 0 Å². The van der Waals surface area contributed by atoms with Gasteiger partial charge < -0.3 is 25.3 Å². The van der Waals surface area contributed by atoms with E-state index in [4.69, 9.17) is 0 Å². The number of hydroxylamine groups is 2. The molecule has 6 aliphatic rings. The smallest absolute Gasteiger partial charge is 0.0997 e. The number of hydrogen-bond acceptors (Lipinski definition) is 5. The van der Waals surface area contributed by atoms with Crippen LogP contribution in [0.2, 0.25) is 0 Å². The summed E-state index contributed by atoms with van der Waals surface area (Å²) in [4.78, 5) is 9.06. The van der Waals surface area contributed by atoms with Gasteiger partial charge in [0.05, 0.1) is 22.7 Å². The Bertz CT molecular complexity index is 1570. The Hall–Kier alpha value is -2.64. The van der Waals surface area contributed by atoms with Crippen LogP contribution in [0.3, 0.4) is 0 Å². The average Bonchev–Trinajstić information content (AvgIpc) is 3.49. The molecule has 6 atom stereocenters. The van der Waals surface area contributed by atoms with Gasteiger partial charge in [0.15, 0.2) is 0 Å². The van der Waals surface area contributed by atoms with Crippen LogP contribution in [0.15, 0.2) is 60.2 Å². The summed E-state index contributed by atoms with van der Waals surface area (Å²) in [6, 6.07) is 8.80. The maximum atomic E-state index is 13.9. The summed E-state index contributed by atoms with van der Waals surface area (Å²) in [5.41, 5.74) is 1.83. The molecule has 2 N–H and O–H groups in total. The number of para-hydroxylation sites is 1. The first-order valence-electron chi connectivity index (χ1n) is 16.6. The Morgan fingerprint density at radius 3 is 2.71 bits per heavy atom. The highest BCUT2D eigenvalue weighted by Gasteiger charge is 2.65. The highest BCUT2D eigenvalue weighted by molar-refractivity contribution is 5.84. The molecular weight excluding hydrogens is 520 g/mol. The van der Waals surface area contributed by atoms with Crippen molar-refractivity contribution in [1.29, 1.82) is 0 Å². The summed E-state index contributed by atoms with van der Waals surface area (Å²) in [5.74, 6) is 0.241. The quantitative estimate of drug-likeness (QED) is 0.497. The molecule has 0 saturated carbocycles. The van der Waals surface area contributed by atoms with Gasteiger partial charge in [0, 0.05) is 40.7 Å². The minimum Gasteiger partial charge on any atom is -0.758 e. The number of allylic oxidation sites excluding steroid dienone is 3. The first-order chi connectivity index (χ1) is 20.6. The lowest BCUT2D eigenvalue weighted by molar-refractivity contribution is -0.0955. The molecule has 1 unspecified atom stereocenters. The van der Waals surface area contributed by atoms with Crippen LogP contribution in [0.5, 0.6) is 0 Å². The highest BCUT2D eigenvalue weighted by Crippen LogP contribution is 2.61. The van der Waals surface area contributed by atoms with Crippen molar-refractivity contribution in [3.05, 3.63) is 76.0 Å². The van der Waals surface area contributed by atoms with Crippen molar-refractivity contribution < 1.29 is 5.11 Å². The minimum absolute atomic E-state index is 0.0569. The molecule has 2 aromatic rings. The molecule has 3 bridgehead atoms. The SMILES string of the molecule is [O-]N1CC=c2c([nH]c3ccccc23)=C1C1=C[C@@]2(O)CCC=CCCCCN3CC[C@@H]1[C@]1(C[C@@H]4/C=C\CCCCN4[C@H]12)C3. The molecule has 2 fully saturated rings. The van der Waals surface area contributed by atoms with Gasteiger partial charge in [-0.25, -0.2) is 0 Å². The van der Waals surface area contributed by atoms with Crippen molar-refractivity contribution >= 4 is 22.7 Å². The molecule has 222 valence electrons. The third-order valence-corrected chi connectivity index (χ3v) is 11.4. The third-order valence-electron chi connectivity index (χ3n) is 11.4. The van der Waals surface area contributed by atoms with Gasteiger partial charge in [-0.1, -0.05) is 48.6 Å². The number of nitrogens with one attached hydrogen (secondary N) is 1. The number of piperidine rings is 1. The van der Waals surface area contributed by atoms with Crippen LogP contribution in [0.4, 0.5) is 0 Å². The maximum Gasteiger partial charge on any atom is 0.0997 e. The van der Waals surface area contributed by atoms with Crippen LogP contribution < -0.4 is 10.6 Å². The fourth-order valence-corrected chi connectivity index (χ4v) is 9.83. The van der Waals surface area contributed by atoms with E-state index in [0.29, 0.717) is 19.0 Å². The summed E-state index contributed by atoms with van der Waals surface area (Å²) in [6.45, 7) is 4.58. The Kier molecular flexibility index (Phi) is 6.75. The van der Waals surface area contributed by atoms with Crippen molar-refractivity contribution in [2.24, 2.45) is 11.3 Å². The zero-order chi connectivity index (χ0) is 28.3. The van der Waals surface area contributed by atoms with Crippen molar-refractivity contribution in [3.8, 4) is 0 Å². The summed E-state index contributed by atoms with van der Waals surface area (Å²) < 4.78 is 0. The van der Waals surface area contributed by atoms with Gasteiger partial charge in [-0.05, 0) is 107 Å². The lowest BCUT2D eigenvalue weighted by Crippen LogP contribution is -2.66. The molecule has 0 amide bonds. The molecule has 0 radical (unpaired) electrons. The number of aromatic nitrogens is 1. The molecule has 1 aromatic carbocycles. The maximum absolute atomic E-state index is 13.9. The molecular formula is C36H45N4O2-. The molecule has 42 heavy (non-hydrogen) atoms. The summed E-state index contributed by atoms with van der Waals surface area (Å²) >= 11 is 0. The number of benzene rings is 1. The fraction of sp³-hybridized carbons (Fsp3) is 0.556. The van der Waals surface area contributed by atoms with E-state index in [9.17, 15) is 10.3 Å². The van der Waals surface area contributed by atoms with E-state index in [-0.39, 0.29) is 17.4 Å². The van der Waals surface area contributed by atoms with Crippen LogP contribution in [-0.4, -0.2) is 75.4 Å². The number of nitrogens with zero attached hydrogens (tertiary/aromatic N) is 3. The van der Waals surface area contributed by atoms with Gasteiger partial charge in [-0.15, -0.1) is 0 Å². The summed E-state index contributed by atoms with van der Waals surface area (Å²) in [6.07, 6.45) is 24.5. The van der Waals surface area contributed by atoms with Gasteiger partial charge >= 0.3 is 0 Å². The second-order valence-corrected chi connectivity index (χ2v) is 13.9.